The van der Waals surface area contributed by atoms with E-state index in [0.717, 1.165) is 38.5 Å². The maximum Gasteiger partial charge on any atom is 0.330 e. The van der Waals surface area contributed by atoms with E-state index in [1.165, 1.54) is 187 Å². The van der Waals surface area contributed by atoms with E-state index in [2.05, 4.69) is 13.2 Å². The molecule has 3 fully saturated rings. The summed E-state index contributed by atoms with van der Waals surface area (Å²) in [6, 6.07) is 0. The van der Waals surface area contributed by atoms with Crippen LogP contribution in [-0.4, -0.2) is 92.4 Å². The summed E-state index contributed by atoms with van der Waals surface area (Å²) >= 11 is 0. The van der Waals surface area contributed by atoms with Crippen molar-refractivity contribution in [2.45, 2.75) is 226 Å². The molecule has 8 N–H and O–H groups in total. The summed E-state index contributed by atoms with van der Waals surface area (Å²) in [5, 5.41) is 72.7. The Kier molecular flexibility index (Phi) is 40.2. The van der Waals surface area contributed by atoms with Gasteiger partial charge in [-0.15, -0.1) is 0 Å². The lowest BCUT2D eigenvalue weighted by atomic mass is 9.79. The third-order valence-corrected chi connectivity index (χ3v) is 13.0. The lowest BCUT2D eigenvalue weighted by molar-refractivity contribution is -0.133. The molecular formula is C50H96O10. The number of hydrogen-bond acceptors (Lipinski definition) is 8. The average Bonchev–Trinajstić information content (AvgIpc) is 3.23. The van der Waals surface area contributed by atoms with E-state index in [0.29, 0.717) is 0 Å². The van der Waals surface area contributed by atoms with Crippen LogP contribution in [0.15, 0.2) is 24.3 Å². The van der Waals surface area contributed by atoms with E-state index >= 15 is 0 Å². The molecule has 0 bridgehead atoms. The first-order valence-electron chi connectivity index (χ1n) is 24.2. The van der Waals surface area contributed by atoms with Crippen molar-refractivity contribution in [1.82, 2.24) is 0 Å². The molecule has 0 aromatic rings. The molecule has 10 nitrogen and oxygen atoms in total. The van der Waals surface area contributed by atoms with Crippen molar-refractivity contribution in [2.24, 2.45) is 16.2 Å². The van der Waals surface area contributed by atoms with E-state index < -0.39 is 11.9 Å². The molecule has 3 saturated carbocycles. The van der Waals surface area contributed by atoms with Gasteiger partial charge in [0, 0.05) is 27.4 Å². The summed E-state index contributed by atoms with van der Waals surface area (Å²) in [7, 11) is 0. The van der Waals surface area contributed by atoms with Crippen molar-refractivity contribution in [3.8, 4) is 0 Å². The number of carboxylic acid groups (broad SMARTS) is 2. The molecule has 0 heterocycles. The lowest BCUT2D eigenvalue weighted by Gasteiger charge is -2.30. The Morgan fingerprint density at radius 2 is 0.417 bits per heavy atom. The van der Waals surface area contributed by atoms with Crippen LogP contribution in [0, 0.1) is 16.2 Å². The van der Waals surface area contributed by atoms with Gasteiger partial charge >= 0.3 is 11.9 Å². The Hall–Kier alpha value is -1.82. The summed E-state index contributed by atoms with van der Waals surface area (Å²) < 4.78 is 0. The zero-order valence-corrected chi connectivity index (χ0v) is 38.9. The molecule has 0 radical (unpaired) electrons. The molecule has 0 aromatic heterocycles. The van der Waals surface area contributed by atoms with Crippen LogP contribution in [0.1, 0.15) is 226 Å². The fourth-order valence-electron chi connectivity index (χ4n) is 8.19. The van der Waals surface area contributed by atoms with E-state index in [1.807, 2.05) is 0 Å². The van der Waals surface area contributed by atoms with E-state index in [4.69, 9.17) is 10.2 Å². The number of carbonyl (C=O) groups is 2. The van der Waals surface area contributed by atoms with Crippen LogP contribution in [0.4, 0.5) is 0 Å². The molecule has 3 aliphatic rings. The lowest BCUT2D eigenvalue weighted by Crippen LogP contribution is -2.30. The van der Waals surface area contributed by atoms with Gasteiger partial charge in [-0.05, 0) is 52.4 Å². The quantitative estimate of drug-likeness (QED) is 0.109. The van der Waals surface area contributed by atoms with Gasteiger partial charge in [0.25, 0.3) is 0 Å². The normalized spacial score (nSPS) is 21.0. The van der Waals surface area contributed by atoms with Crippen LogP contribution >= 0.6 is 0 Å². The number of aliphatic carboxylic acids is 2. The topological polar surface area (TPSA) is 196 Å². The third kappa shape index (κ3) is 32.8. The molecule has 3 rings (SSSR count). The third-order valence-electron chi connectivity index (χ3n) is 13.0. The summed E-state index contributed by atoms with van der Waals surface area (Å²) in [6.07, 6.45) is 40.9. The fraction of sp³-hybridized carbons (Fsp3) is 0.880. The van der Waals surface area contributed by atoms with Gasteiger partial charge in [0.2, 0.25) is 0 Å². The monoisotopic (exact) mass is 857 g/mol. The Bertz CT molecular complexity index is 852. The Morgan fingerprint density at radius 1 is 0.317 bits per heavy atom. The SMILES string of the molecule is C=C(C)C(=O)O.C=C(C)C(=O)O.OCC1(CO)CCCCCCCCCCC1.OCC1(CO)CCCCCCCCCCC1.OCC1(CO)CCCCCCCCCCC1. The minimum Gasteiger partial charge on any atom is -0.478 e. The zero-order chi connectivity index (χ0) is 45.4. The molecule has 356 valence electrons. The van der Waals surface area contributed by atoms with Crippen LogP contribution < -0.4 is 0 Å². The molecule has 0 amide bonds. The largest absolute Gasteiger partial charge is 0.478 e. The van der Waals surface area contributed by atoms with Crippen molar-refractivity contribution >= 4 is 11.9 Å². The molecule has 0 saturated heterocycles. The first-order valence-corrected chi connectivity index (χ1v) is 24.2. The van der Waals surface area contributed by atoms with Gasteiger partial charge in [-0.2, -0.15) is 0 Å². The van der Waals surface area contributed by atoms with Crippen molar-refractivity contribution in [3.05, 3.63) is 24.3 Å². The van der Waals surface area contributed by atoms with Gasteiger partial charge in [0.1, 0.15) is 0 Å². The minimum atomic E-state index is -0.935. The number of aliphatic hydroxyl groups excluding tert-OH is 6. The van der Waals surface area contributed by atoms with Crippen LogP contribution in [0.5, 0.6) is 0 Å². The van der Waals surface area contributed by atoms with Gasteiger partial charge in [0.05, 0.1) is 39.6 Å². The number of carboxylic acids is 2. The van der Waals surface area contributed by atoms with Crippen LogP contribution in [-0.2, 0) is 9.59 Å². The Morgan fingerprint density at radius 3 is 0.500 bits per heavy atom. The smallest absolute Gasteiger partial charge is 0.330 e. The second-order valence-electron chi connectivity index (χ2n) is 18.7. The maximum atomic E-state index is 9.60. The Labute approximate surface area is 367 Å². The number of rotatable bonds is 8. The van der Waals surface area contributed by atoms with Crippen molar-refractivity contribution in [1.29, 1.82) is 0 Å². The maximum absolute atomic E-state index is 9.60. The predicted molar refractivity (Wildman–Crippen MR) is 247 cm³/mol. The highest BCUT2D eigenvalue weighted by Crippen LogP contribution is 2.34. The number of aliphatic hydroxyl groups is 6. The summed E-state index contributed by atoms with van der Waals surface area (Å²) in [6.45, 7) is 10.1. The summed E-state index contributed by atoms with van der Waals surface area (Å²) in [4.78, 5) is 19.2. The van der Waals surface area contributed by atoms with E-state index in [-0.39, 0.29) is 67.0 Å². The highest BCUT2D eigenvalue weighted by molar-refractivity contribution is 5.85. The molecule has 0 aromatic carbocycles. The van der Waals surface area contributed by atoms with E-state index in [1.54, 1.807) is 0 Å². The second kappa shape index (κ2) is 40.0. The highest BCUT2D eigenvalue weighted by atomic mass is 16.4. The average molecular weight is 857 g/mol. The fourth-order valence-corrected chi connectivity index (χ4v) is 8.19. The molecule has 0 atom stereocenters. The standard InChI is InChI=1S/3C14H28O2.2C4H6O2/c3*15-12-14(13-16)10-8-6-4-2-1-3-5-7-9-11-14;2*1-3(2)4(5)6/h3*15-16H,1-13H2;2*1H2,2H3,(H,5,6). The molecular weight excluding hydrogens is 761 g/mol. The Balaban J connectivity index is 0. The minimum absolute atomic E-state index is 0.156. The second-order valence-corrected chi connectivity index (χ2v) is 18.7. The van der Waals surface area contributed by atoms with Crippen LogP contribution in [0.2, 0.25) is 0 Å². The first-order chi connectivity index (χ1) is 28.8. The van der Waals surface area contributed by atoms with E-state index in [9.17, 15) is 40.2 Å². The van der Waals surface area contributed by atoms with Crippen LogP contribution in [0.25, 0.3) is 0 Å². The van der Waals surface area contributed by atoms with Gasteiger partial charge in [0.15, 0.2) is 0 Å². The molecule has 60 heavy (non-hydrogen) atoms. The van der Waals surface area contributed by atoms with Gasteiger partial charge in [-0.25, -0.2) is 9.59 Å². The molecule has 0 spiro atoms. The molecule has 0 unspecified atom stereocenters. The van der Waals surface area contributed by atoms with Crippen LogP contribution in [0.3, 0.4) is 0 Å². The van der Waals surface area contributed by atoms with Crippen molar-refractivity contribution < 1.29 is 50.4 Å². The summed E-state index contributed by atoms with van der Waals surface area (Å²) in [5.41, 5.74) is -0.192. The van der Waals surface area contributed by atoms with Gasteiger partial charge in [-0.1, -0.05) is 187 Å². The van der Waals surface area contributed by atoms with Crippen molar-refractivity contribution in [3.63, 3.8) is 0 Å². The zero-order valence-electron chi connectivity index (χ0n) is 38.9. The van der Waals surface area contributed by atoms with Gasteiger partial charge < -0.3 is 40.9 Å². The number of hydrogen-bond donors (Lipinski definition) is 8. The molecule has 3 aliphatic carbocycles. The predicted octanol–water partition coefficient (Wildman–Crippen LogP) is 11.1. The van der Waals surface area contributed by atoms with Gasteiger partial charge in [-0.3, -0.25) is 0 Å². The van der Waals surface area contributed by atoms with Crippen molar-refractivity contribution in [2.75, 3.05) is 39.6 Å². The first kappa shape index (κ1) is 60.3. The molecule has 0 aliphatic heterocycles. The molecule has 10 heteroatoms. The highest BCUT2D eigenvalue weighted by Gasteiger charge is 2.29. The summed E-state index contributed by atoms with van der Waals surface area (Å²) in [5.74, 6) is -1.87.